The highest BCUT2D eigenvalue weighted by Crippen LogP contribution is 2.20. The molecule has 4 heteroatoms. The molecule has 2 N–H and O–H groups in total. The summed E-state index contributed by atoms with van der Waals surface area (Å²) in [5.41, 5.74) is 1.26. The number of hydrogen-bond acceptors (Lipinski definition) is 4. The van der Waals surface area contributed by atoms with E-state index >= 15 is 0 Å². The molecule has 2 aromatic carbocycles. The minimum Gasteiger partial charge on any atom is -0.508 e. The molecule has 0 aromatic heterocycles. The quantitative estimate of drug-likeness (QED) is 0.383. The second-order valence-corrected chi connectivity index (χ2v) is 4.75. The number of aromatic hydroxyl groups is 1. The molecule has 0 bridgehead atoms. The van der Waals surface area contributed by atoms with E-state index in [9.17, 15) is 5.11 Å². The topological polar surface area (TPSA) is 52.8 Å². The Labute approximate surface area is 110 Å². The number of rotatable bonds is 4. The fourth-order valence-electron chi connectivity index (χ4n) is 1.52. The number of phenols is 1. The summed E-state index contributed by atoms with van der Waals surface area (Å²) in [4.78, 5) is 1.11. The van der Waals surface area contributed by atoms with E-state index in [1.54, 1.807) is 36.0 Å². The van der Waals surface area contributed by atoms with Crippen LogP contribution in [0.25, 0.3) is 0 Å². The molecule has 18 heavy (non-hydrogen) atoms. The van der Waals surface area contributed by atoms with Gasteiger partial charge in [-0.15, -0.1) is 11.8 Å². The highest BCUT2D eigenvalue weighted by atomic mass is 32.2. The van der Waals surface area contributed by atoms with Crippen LogP contribution in [-0.4, -0.2) is 21.8 Å². The first-order valence-electron chi connectivity index (χ1n) is 5.48. The summed E-state index contributed by atoms with van der Waals surface area (Å²) in [6.07, 6.45) is 0. The SMILES string of the molecule is O/N=C(/CSc1ccccc1)c1cccc(O)c1. The zero-order valence-corrected chi connectivity index (χ0v) is 10.5. The Kier molecular flexibility index (Phi) is 4.25. The maximum Gasteiger partial charge on any atom is 0.116 e. The highest BCUT2D eigenvalue weighted by Gasteiger charge is 2.06. The lowest BCUT2D eigenvalue weighted by Gasteiger charge is -2.05. The van der Waals surface area contributed by atoms with Gasteiger partial charge < -0.3 is 10.3 Å². The van der Waals surface area contributed by atoms with Crippen molar-refractivity contribution in [3.05, 3.63) is 60.2 Å². The van der Waals surface area contributed by atoms with Crippen molar-refractivity contribution in [2.45, 2.75) is 4.90 Å². The molecule has 0 amide bonds. The highest BCUT2D eigenvalue weighted by molar-refractivity contribution is 8.00. The van der Waals surface area contributed by atoms with Crippen molar-refractivity contribution in [1.29, 1.82) is 0 Å². The number of phenolic OH excluding ortho intramolecular Hbond substituents is 1. The van der Waals surface area contributed by atoms with Crippen molar-refractivity contribution in [2.24, 2.45) is 5.16 Å². The second-order valence-electron chi connectivity index (χ2n) is 3.70. The summed E-state index contributed by atoms with van der Waals surface area (Å²) in [6.45, 7) is 0. The minimum absolute atomic E-state index is 0.165. The minimum atomic E-state index is 0.165. The predicted molar refractivity (Wildman–Crippen MR) is 73.6 cm³/mol. The molecule has 0 saturated carbocycles. The molecule has 0 fully saturated rings. The lowest BCUT2D eigenvalue weighted by atomic mass is 10.1. The maximum absolute atomic E-state index is 9.40. The van der Waals surface area contributed by atoms with Crippen LogP contribution in [-0.2, 0) is 0 Å². The third-order valence-electron chi connectivity index (χ3n) is 2.42. The van der Waals surface area contributed by atoms with Crippen LogP contribution in [0.5, 0.6) is 5.75 Å². The Morgan fingerprint density at radius 1 is 1.06 bits per heavy atom. The molecular weight excluding hydrogens is 246 g/mol. The molecule has 0 saturated heterocycles. The van der Waals surface area contributed by atoms with Gasteiger partial charge in [0.15, 0.2) is 0 Å². The van der Waals surface area contributed by atoms with Crippen LogP contribution in [0.2, 0.25) is 0 Å². The average Bonchev–Trinajstić information content (AvgIpc) is 2.41. The molecule has 3 nitrogen and oxygen atoms in total. The predicted octanol–water partition coefficient (Wildman–Crippen LogP) is 3.36. The van der Waals surface area contributed by atoms with Gasteiger partial charge in [0, 0.05) is 16.2 Å². The molecule has 2 aromatic rings. The molecule has 0 spiro atoms. The van der Waals surface area contributed by atoms with Crippen molar-refractivity contribution < 1.29 is 10.3 Å². The molecule has 0 aliphatic rings. The van der Waals surface area contributed by atoms with E-state index in [0.717, 1.165) is 10.5 Å². The van der Waals surface area contributed by atoms with Crippen molar-refractivity contribution in [1.82, 2.24) is 0 Å². The molecule has 0 aliphatic carbocycles. The van der Waals surface area contributed by atoms with Gasteiger partial charge in [0.25, 0.3) is 0 Å². The summed E-state index contributed by atoms with van der Waals surface area (Å²) in [5.74, 6) is 0.711. The fraction of sp³-hybridized carbons (Fsp3) is 0.0714. The normalized spacial score (nSPS) is 11.4. The van der Waals surface area contributed by atoms with E-state index in [1.165, 1.54) is 0 Å². The zero-order valence-electron chi connectivity index (χ0n) is 9.65. The Morgan fingerprint density at radius 3 is 2.50 bits per heavy atom. The number of thioether (sulfide) groups is 1. The van der Waals surface area contributed by atoms with Gasteiger partial charge in [0.2, 0.25) is 0 Å². The van der Waals surface area contributed by atoms with Gasteiger partial charge in [-0.05, 0) is 24.3 Å². The summed E-state index contributed by atoms with van der Waals surface area (Å²) in [7, 11) is 0. The van der Waals surface area contributed by atoms with Crippen molar-refractivity contribution in [3.8, 4) is 5.75 Å². The lowest BCUT2D eigenvalue weighted by molar-refractivity contribution is 0.319. The smallest absolute Gasteiger partial charge is 0.116 e. The van der Waals surface area contributed by atoms with Crippen molar-refractivity contribution >= 4 is 17.5 Å². The summed E-state index contributed by atoms with van der Waals surface area (Å²) < 4.78 is 0. The Bertz CT molecular complexity index is 541. The van der Waals surface area contributed by atoms with Crippen LogP contribution in [0.1, 0.15) is 5.56 Å². The molecule has 0 unspecified atom stereocenters. The van der Waals surface area contributed by atoms with Gasteiger partial charge in [-0.3, -0.25) is 0 Å². The standard InChI is InChI=1S/C14H13NO2S/c16-12-6-4-5-11(9-12)14(15-17)10-18-13-7-2-1-3-8-13/h1-9,16-17H,10H2/b15-14-. The van der Waals surface area contributed by atoms with Crippen LogP contribution in [0, 0.1) is 0 Å². The van der Waals surface area contributed by atoms with Crippen LogP contribution in [0.15, 0.2) is 64.6 Å². The zero-order chi connectivity index (χ0) is 12.8. The van der Waals surface area contributed by atoms with E-state index in [2.05, 4.69) is 5.16 Å². The Morgan fingerprint density at radius 2 is 1.83 bits per heavy atom. The third kappa shape index (κ3) is 3.28. The van der Waals surface area contributed by atoms with Gasteiger partial charge in [0.05, 0.1) is 5.71 Å². The molecule has 2 rings (SSSR count). The van der Waals surface area contributed by atoms with E-state index in [1.807, 2.05) is 30.3 Å². The van der Waals surface area contributed by atoms with Gasteiger partial charge in [0.1, 0.15) is 5.75 Å². The van der Waals surface area contributed by atoms with Gasteiger partial charge in [-0.2, -0.15) is 0 Å². The van der Waals surface area contributed by atoms with Crippen molar-refractivity contribution in [2.75, 3.05) is 5.75 Å². The monoisotopic (exact) mass is 259 g/mol. The molecule has 92 valence electrons. The van der Waals surface area contributed by atoms with Crippen LogP contribution in [0.4, 0.5) is 0 Å². The Balaban J connectivity index is 2.07. The van der Waals surface area contributed by atoms with Crippen LogP contribution in [0.3, 0.4) is 0 Å². The summed E-state index contributed by atoms with van der Waals surface area (Å²) >= 11 is 1.58. The first-order chi connectivity index (χ1) is 8.79. The molecular formula is C14H13NO2S. The average molecular weight is 259 g/mol. The molecule has 0 atom stereocenters. The number of oxime groups is 1. The number of nitrogens with zero attached hydrogens (tertiary/aromatic N) is 1. The van der Waals surface area contributed by atoms with E-state index < -0.39 is 0 Å². The van der Waals surface area contributed by atoms with Crippen LogP contribution >= 0.6 is 11.8 Å². The van der Waals surface area contributed by atoms with Gasteiger partial charge in [-0.1, -0.05) is 35.5 Å². The van der Waals surface area contributed by atoms with Gasteiger partial charge >= 0.3 is 0 Å². The second kappa shape index (κ2) is 6.12. The number of hydrogen-bond donors (Lipinski definition) is 2. The van der Waals surface area contributed by atoms with E-state index in [4.69, 9.17) is 5.21 Å². The van der Waals surface area contributed by atoms with E-state index in [-0.39, 0.29) is 5.75 Å². The first-order valence-corrected chi connectivity index (χ1v) is 6.46. The lowest BCUT2D eigenvalue weighted by Crippen LogP contribution is -2.04. The third-order valence-corrected chi connectivity index (χ3v) is 3.44. The summed E-state index contributed by atoms with van der Waals surface area (Å²) in [5, 5.41) is 21.7. The molecule has 0 aliphatic heterocycles. The van der Waals surface area contributed by atoms with Crippen molar-refractivity contribution in [3.63, 3.8) is 0 Å². The van der Waals surface area contributed by atoms with Gasteiger partial charge in [-0.25, -0.2) is 0 Å². The molecule has 0 radical (unpaired) electrons. The first kappa shape index (κ1) is 12.5. The molecule has 0 heterocycles. The fourth-order valence-corrected chi connectivity index (χ4v) is 2.40. The van der Waals surface area contributed by atoms with E-state index in [0.29, 0.717) is 11.5 Å². The van der Waals surface area contributed by atoms with Crippen LogP contribution < -0.4 is 0 Å². The number of benzene rings is 2. The largest absolute Gasteiger partial charge is 0.508 e. The summed E-state index contributed by atoms with van der Waals surface area (Å²) in [6, 6.07) is 16.6. The Hall–Kier alpha value is -1.94. The maximum atomic E-state index is 9.40.